The van der Waals surface area contributed by atoms with Crippen LogP contribution >= 0.6 is 0 Å². The molecule has 57 heavy (non-hydrogen) atoms. The Balaban J connectivity index is 3.32. The molecule has 0 N–H and O–H groups in total. The van der Waals surface area contributed by atoms with Crippen molar-refractivity contribution in [3.63, 3.8) is 0 Å². The number of esters is 2. The van der Waals surface area contributed by atoms with Crippen LogP contribution in [0.4, 0.5) is 0 Å². The van der Waals surface area contributed by atoms with Crippen molar-refractivity contribution in [3.05, 3.63) is 0 Å². The molecule has 0 aliphatic carbocycles. The number of carbonyl (C=O) groups is 2. The second-order valence-corrected chi connectivity index (χ2v) is 18.4. The second-order valence-electron chi connectivity index (χ2n) is 18.4. The Hall–Kier alpha value is -1.06. The minimum Gasteiger partial charge on any atom is -0.466 e. The summed E-state index contributed by atoms with van der Waals surface area (Å²) in [5, 5.41) is 0. The summed E-state index contributed by atoms with van der Waals surface area (Å²) >= 11 is 0. The van der Waals surface area contributed by atoms with Gasteiger partial charge in [-0.25, -0.2) is 0 Å². The normalized spacial score (nSPS) is 12.0. The fourth-order valence-electron chi connectivity index (χ4n) is 8.25. The molecule has 0 bridgehead atoms. The number of hydrogen-bond acceptors (Lipinski definition) is 4. The zero-order chi connectivity index (χ0) is 41.4. The van der Waals surface area contributed by atoms with E-state index in [0.29, 0.717) is 32.5 Å². The maximum atomic E-state index is 12.2. The van der Waals surface area contributed by atoms with Gasteiger partial charge in [-0.2, -0.15) is 0 Å². The van der Waals surface area contributed by atoms with Crippen LogP contribution < -0.4 is 0 Å². The molecule has 0 amide bonds. The maximum absolute atomic E-state index is 12.2. The Morgan fingerprint density at radius 2 is 0.561 bits per heavy atom. The highest BCUT2D eigenvalue weighted by atomic mass is 16.5. The lowest BCUT2D eigenvalue weighted by atomic mass is 10.0. The molecule has 0 saturated heterocycles. The van der Waals surface area contributed by atoms with Gasteiger partial charge in [0, 0.05) is 12.8 Å². The summed E-state index contributed by atoms with van der Waals surface area (Å²) in [5.41, 5.74) is 0. The Bertz CT molecular complexity index is 781. The molecule has 340 valence electrons. The molecule has 0 rings (SSSR count). The zero-order valence-electron chi connectivity index (χ0n) is 39.4. The summed E-state index contributed by atoms with van der Waals surface area (Å²) in [7, 11) is 0. The molecule has 1 unspecified atom stereocenters. The van der Waals surface area contributed by atoms with Crippen LogP contribution in [-0.4, -0.2) is 25.2 Å². The van der Waals surface area contributed by atoms with Gasteiger partial charge < -0.3 is 9.47 Å². The second kappa shape index (κ2) is 49.3. The number of rotatable bonds is 49. The van der Waals surface area contributed by atoms with Gasteiger partial charge in [-0.05, 0) is 25.2 Å². The maximum Gasteiger partial charge on any atom is 0.305 e. The van der Waals surface area contributed by atoms with Crippen molar-refractivity contribution in [2.24, 2.45) is 5.92 Å². The minimum atomic E-state index is -0.110. The smallest absolute Gasteiger partial charge is 0.305 e. The Morgan fingerprint density at radius 1 is 0.316 bits per heavy atom. The van der Waals surface area contributed by atoms with Gasteiger partial charge in [0.05, 0.1) is 13.2 Å². The molecule has 0 saturated carbocycles. The molecular weight excluding hydrogens is 701 g/mol. The van der Waals surface area contributed by atoms with Crippen LogP contribution in [0.1, 0.15) is 310 Å². The van der Waals surface area contributed by atoms with Gasteiger partial charge in [-0.15, -0.1) is 0 Å². The molecule has 0 heterocycles. The largest absolute Gasteiger partial charge is 0.466 e. The van der Waals surface area contributed by atoms with Crippen molar-refractivity contribution in [1.82, 2.24) is 0 Å². The van der Waals surface area contributed by atoms with Crippen molar-refractivity contribution < 1.29 is 19.1 Å². The lowest BCUT2D eigenvalue weighted by molar-refractivity contribution is -0.145. The van der Waals surface area contributed by atoms with Crippen molar-refractivity contribution in [2.75, 3.05) is 13.2 Å². The van der Waals surface area contributed by atoms with E-state index in [-0.39, 0.29) is 17.9 Å². The van der Waals surface area contributed by atoms with E-state index in [2.05, 4.69) is 20.8 Å². The summed E-state index contributed by atoms with van der Waals surface area (Å²) in [6.45, 7) is 7.59. The first-order chi connectivity index (χ1) is 28.1. The summed E-state index contributed by atoms with van der Waals surface area (Å²) in [6, 6.07) is 0. The van der Waals surface area contributed by atoms with E-state index in [9.17, 15) is 9.59 Å². The van der Waals surface area contributed by atoms with Crippen LogP contribution in [0.25, 0.3) is 0 Å². The molecule has 4 nitrogen and oxygen atoms in total. The molecular formula is C53H104O4. The number of unbranched alkanes of at least 4 members (excludes halogenated alkanes) is 40. The average Bonchev–Trinajstić information content (AvgIpc) is 3.21. The van der Waals surface area contributed by atoms with Crippen LogP contribution in [-0.2, 0) is 19.1 Å². The van der Waals surface area contributed by atoms with Crippen molar-refractivity contribution in [2.45, 2.75) is 310 Å². The Morgan fingerprint density at radius 3 is 0.860 bits per heavy atom. The monoisotopic (exact) mass is 805 g/mol. The van der Waals surface area contributed by atoms with Gasteiger partial charge >= 0.3 is 11.9 Å². The predicted octanol–water partition coefficient (Wildman–Crippen LogP) is 18.3. The molecule has 0 aliphatic rings. The standard InChI is InChI=1S/C53H104O4/c1-4-6-8-10-12-14-16-18-20-22-24-26-28-30-32-34-36-38-40-42-44-46-52(54)57-50-51(3)47-48-53(55)56-49-45-43-41-39-37-35-33-31-29-27-25-23-21-19-17-15-13-11-9-7-5-2/h51H,4-50H2,1-3H3. The molecule has 1 atom stereocenters. The van der Waals surface area contributed by atoms with E-state index in [4.69, 9.17) is 9.47 Å². The zero-order valence-corrected chi connectivity index (χ0v) is 39.4. The van der Waals surface area contributed by atoms with Crippen LogP contribution in [0.15, 0.2) is 0 Å². The van der Waals surface area contributed by atoms with E-state index >= 15 is 0 Å². The van der Waals surface area contributed by atoms with Gasteiger partial charge in [-0.1, -0.05) is 278 Å². The van der Waals surface area contributed by atoms with Crippen molar-refractivity contribution >= 4 is 11.9 Å². The molecule has 4 heteroatoms. The average molecular weight is 805 g/mol. The van der Waals surface area contributed by atoms with Crippen LogP contribution in [0.2, 0.25) is 0 Å². The van der Waals surface area contributed by atoms with Gasteiger partial charge in [0.15, 0.2) is 0 Å². The Labute approximate surface area is 358 Å². The van der Waals surface area contributed by atoms with Crippen LogP contribution in [0, 0.1) is 5.92 Å². The molecule has 0 aliphatic heterocycles. The number of ether oxygens (including phenoxy) is 2. The van der Waals surface area contributed by atoms with Gasteiger partial charge in [0.1, 0.15) is 0 Å². The van der Waals surface area contributed by atoms with Crippen molar-refractivity contribution in [3.8, 4) is 0 Å². The van der Waals surface area contributed by atoms with Gasteiger partial charge in [0.25, 0.3) is 0 Å². The van der Waals surface area contributed by atoms with E-state index in [0.717, 1.165) is 25.7 Å². The minimum absolute atomic E-state index is 0.0861. The SMILES string of the molecule is CCCCCCCCCCCCCCCCCCCCCCCOC(=O)CCC(C)COC(=O)CCCCCCCCCCCCCCCCCCCCCCC. The summed E-state index contributed by atoms with van der Waals surface area (Å²) in [4.78, 5) is 24.4. The van der Waals surface area contributed by atoms with Crippen LogP contribution in [0.3, 0.4) is 0 Å². The van der Waals surface area contributed by atoms with E-state index in [1.54, 1.807) is 0 Å². The summed E-state index contributed by atoms with van der Waals surface area (Å²) in [5.74, 6) is -0.0104. The number of hydrogen-bond donors (Lipinski definition) is 0. The summed E-state index contributed by atoms with van der Waals surface area (Å²) < 4.78 is 11.0. The third-order valence-electron chi connectivity index (χ3n) is 12.4. The lowest BCUT2D eigenvalue weighted by Gasteiger charge is -2.12. The first-order valence-corrected chi connectivity index (χ1v) is 26.4. The number of carbonyl (C=O) groups excluding carboxylic acids is 2. The lowest BCUT2D eigenvalue weighted by Crippen LogP contribution is -2.14. The van der Waals surface area contributed by atoms with E-state index in [1.165, 1.54) is 244 Å². The quantitative estimate of drug-likeness (QED) is 0.0454. The first kappa shape index (κ1) is 55.9. The highest BCUT2D eigenvalue weighted by Gasteiger charge is 2.11. The fraction of sp³-hybridized carbons (Fsp3) is 0.962. The molecule has 0 spiro atoms. The fourth-order valence-corrected chi connectivity index (χ4v) is 8.25. The molecule has 0 aromatic carbocycles. The highest BCUT2D eigenvalue weighted by molar-refractivity contribution is 5.69. The van der Waals surface area contributed by atoms with Gasteiger partial charge in [0.2, 0.25) is 0 Å². The van der Waals surface area contributed by atoms with Crippen LogP contribution in [0.5, 0.6) is 0 Å². The van der Waals surface area contributed by atoms with Crippen molar-refractivity contribution in [1.29, 1.82) is 0 Å². The molecule has 0 aromatic rings. The molecule has 0 fully saturated rings. The summed E-state index contributed by atoms with van der Waals surface area (Å²) in [6.07, 6.45) is 59.3. The topological polar surface area (TPSA) is 52.6 Å². The molecule has 0 aromatic heterocycles. The first-order valence-electron chi connectivity index (χ1n) is 26.4. The Kier molecular flexibility index (Phi) is 48.4. The third-order valence-corrected chi connectivity index (χ3v) is 12.4. The predicted molar refractivity (Wildman–Crippen MR) is 250 cm³/mol. The third kappa shape index (κ3) is 49.2. The van der Waals surface area contributed by atoms with E-state index in [1.807, 2.05) is 0 Å². The molecule has 0 radical (unpaired) electrons. The highest BCUT2D eigenvalue weighted by Crippen LogP contribution is 2.18. The van der Waals surface area contributed by atoms with Gasteiger partial charge in [-0.3, -0.25) is 9.59 Å². The van der Waals surface area contributed by atoms with E-state index < -0.39 is 0 Å².